The molecule has 1 fully saturated rings. The number of nitrogens with zero attached hydrogens (tertiary/aromatic N) is 1. The van der Waals surface area contributed by atoms with Gasteiger partial charge >= 0.3 is 0 Å². The number of benzene rings is 1. The van der Waals surface area contributed by atoms with Gasteiger partial charge in [0.2, 0.25) is 0 Å². The number of hydrogen-bond acceptors (Lipinski definition) is 1. The van der Waals surface area contributed by atoms with Crippen LogP contribution in [0, 0.1) is 11.3 Å². The van der Waals surface area contributed by atoms with Crippen molar-refractivity contribution in [2.75, 3.05) is 11.9 Å². The average molecular weight is 227 g/mol. The van der Waals surface area contributed by atoms with Gasteiger partial charge in [0.05, 0.1) is 0 Å². The quantitative estimate of drug-likeness (QED) is 0.659. The standard InChI is InChI=1S/C16H21N/c1-5-16(3)10-11(2)14-12-8-6-7-9-13(12)17(4)15(14)16/h5-9,11,14-15H,1,10H2,2-4H3. The minimum absolute atomic E-state index is 0.248. The number of likely N-dealkylation sites (N-methyl/N-ethyl adjacent to an activating group) is 1. The molecular formula is C16H21N. The van der Waals surface area contributed by atoms with Crippen LogP contribution in [0.1, 0.15) is 31.7 Å². The Morgan fingerprint density at radius 1 is 1.41 bits per heavy atom. The fraction of sp³-hybridized carbons (Fsp3) is 0.500. The van der Waals surface area contributed by atoms with Crippen LogP contribution >= 0.6 is 0 Å². The molecule has 0 amide bonds. The first kappa shape index (κ1) is 10.9. The van der Waals surface area contributed by atoms with E-state index in [-0.39, 0.29) is 5.41 Å². The smallest absolute Gasteiger partial charge is 0.0446 e. The predicted molar refractivity (Wildman–Crippen MR) is 73.5 cm³/mol. The summed E-state index contributed by atoms with van der Waals surface area (Å²) in [5, 5.41) is 0. The summed E-state index contributed by atoms with van der Waals surface area (Å²) >= 11 is 0. The Hall–Kier alpha value is -1.24. The van der Waals surface area contributed by atoms with Crippen molar-refractivity contribution >= 4 is 5.69 Å². The van der Waals surface area contributed by atoms with Gasteiger partial charge in [0, 0.05) is 30.1 Å². The maximum absolute atomic E-state index is 4.08. The fourth-order valence-electron chi connectivity index (χ4n) is 4.27. The monoisotopic (exact) mass is 227 g/mol. The highest BCUT2D eigenvalue weighted by molar-refractivity contribution is 5.63. The lowest BCUT2D eigenvalue weighted by Gasteiger charge is -2.34. The molecule has 1 saturated carbocycles. The number of para-hydroxylation sites is 1. The van der Waals surface area contributed by atoms with Crippen molar-refractivity contribution in [1.82, 2.24) is 0 Å². The Labute approximate surface area is 104 Å². The van der Waals surface area contributed by atoms with Crippen LogP contribution in [-0.2, 0) is 0 Å². The zero-order valence-corrected chi connectivity index (χ0v) is 11.0. The second-order valence-electron chi connectivity index (χ2n) is 6.03. The molecule has 0 bridgehead atoms. The molecule has 4 unspecified atom stereocenters. The molecule has 1 aliphatic heterocycles. The summed E-state index contributed by atoms with van der Waals surface area (Å²) < 4.78 is 0. The van der Waals surface area contributed by atoms with E-state index in [0.29, 0.717) is 12.0 Å². The molecule has 1 nitrogen and oxygen atoms in total. The van der Waals surface area contributed by atoms with Gasteiger partial charge in [0.15, 0.2) is 0 Å². The third-order valence-electron chi connectivity index (χ3n) is 4.95. The van der Waals surface area contributed by atoms with E-state index in [0.717, 1.165) is 5.92 Å². The lowest BCUT2D eigenvalue weighted by molar-refractivity contribution is 0.372. The van der Waals surface area contributed by atoms with E-state index >= 15 is 0 Å². The highest BCUT2D eigenvalue weighted by Crippen LogP contribution is 2.58. The number of hydrogen-bond donors (Lipinski definition) is 0. The van der Waals surface area contributed by atoms with Crippen LogP contribution in [0.5, 0.6) is 0 Å². The predicted octanol–water partition coefficient (Wildman–Crippen LogP) is 3.82. The zero-order valence-electron chi connectivity index (χ0n) is 11.0. The van der Waals surface area contributed by atoms with Crippen molar-refractivity contribution in [2.45, 2.75) is 32.2 Å². The Morgan fingerprint density at radius 3 is 2.82 bits per heavy atom. The van der Waals surface area contributed by atoms with Crippen LogP contribution in [0.25, 0.3) is 0 Å². The average Bonchev–Trinajstić information content (AvgIpc) is 2.77. The summed E-state index contributed by atoms with van der Waals surface area (Å²) in [6, 6.07) is 9.47. The van der Waals surface area contributed by atoms with E-state index in [4.69, 9.17) is 0 Å². The molecule has 1 aliphatic carbocycles. The molecule has 1 heteroatoms. The molecular weight excluding hydrogens is 206 g/mol. The Morgan fingerprint density at radius 2 is 2.12 bits per heavy atom. The topological polar surface area (TPSA) is 3.24 Å². The second kappa shape index (κ2) is 3.38. The molecule has 4 atom stereocenters. The third-order valence-corrected chi connectivity index (χ3v) is 4.95. The molecule has 3 rings (SSSR count). The van der Waals surface area contributed by atoms with E-state index < -0.39 is 0 Å². The molecule has 1 aromatic carbocycles. The van der Waals surface area contributed by atoms with E-state index in [1.165, 1.54) is 17.7 Å². The van der Waals surface area contributed by atoms with E-state index in [1.54, 1.807) is 0 Å². The number of anilines is 1. The second-order valence-corrected chi connectivity index (χ2v) is 6.03. The van der Waals surface area contributed by atoms with Crippen molar-refractivity contribution in [3.05, 3.63) is 42.5 Å². The van der Waals surface area contributed by atoms with Crippen molar-refractivity contribution in [1.29, 1.82) is 0 Å². The van der Waals surface area contributed by atoms with Gasteiger partial charge in [-0.2, -0.15) is 0 Å². The number of fused-ring (bicyclic) bond motifs is 3. The maximum atomic E-state index is 4.08. The van der Waals surface area contributed by atoms with Crippen LogP contribution in [0.15, 0.2) is 36.9 Å². The van der Waals surface area contributed by atoms with E-state index in [1.807, 2.05) is 0 Å². The first-order valence-electron chi connectivity index (χ1n) is 6.54. The Balaban J connectivity index is 2.15. The van der Waals surface area contributed by atoms with Gasteiger partial charge in [0.25, 0.3) is 0 Å². The first-order valence-corrected chi connectivity index (χ1v) is 6.54. The van der Waals surface area contributed by atoms with Gasteiger partial charge in [-0.25, -0.2) is 0 Å². The zero-order chi connectivity index (χ0) is 12.2. The number of rotatable bonds is 1. The molecule has 17 heavy (non-hydrogen) atoms. The molecule has 0 aromatic heterocycles. The van der Waals surface area contributed by atoms with Crippen molar-refractivity contribution in [3.8, 4) is 0 Å². The summed E-state index contributed by atoms with van der Waals surface area (Å²) in [7, 11) is 2.24. The van der Waals surface area contributed by atoms with Crippen molar-refractivity contribution < 1.29 is 0 Å². The molecule has 0 radical (unpaired) electrons. The van der Waals surface area contributed by atoms with Crippen molar-refractivity contribution in [2.24, 2.45) is 11.3 Å². The highest BCUT2D eigenvalue weighted by atomic mass is 15.2. The van der Waals surface area contributed by atoms with Crippen LogP contribution in [-0.4, -0.2) is 13.1 Å². The van der Waals surface area contributed by atoms with Crippen LogP contribution in [0.4, 0.5) is 5.69 Å². The summed E-state index contributed by atoms with van der Waals surface area (Å²) in [6.07, 6.45) is 3.43. The first-order chi connectivity index (χ1) is 8.08. The van der Waals surface area contributed by atoms with E-state index in [2.05, 4.69) is 62.7 Å². The molecule has 1 aromatic rings. The molecule has 2 aliphatic rings. The van der Waals surface area contributed by atoms with Gasteiger partial charge in [-0.3, -0.25) is 0 Å². The minimum atomic E-state index is 0.248. The summed E-state index contributed by atoms with van der Waals surface area (Å²) in [5.74, 6) is 1.42. The van der Waals surface area contributed by atoms with Gasteiger partial charge in [-0.1, -0.05) is 38.1 Å². The highest BCUT2D eigenvalue weighted by Gasteiger charge is 2.54. The largest absolute Gasteiger partial charge is 0.370 e. The SMILES string of the molecule is C=CC1(C)CC(C)C2c3ccccc3N(C)C21. The Kier molecular flexibility index (Phi) is 2.16. The Bertz CT molecular complexity index is 464. The molecule has 0 saturated heterocycles. The summed E-state index contributed by atoms with van der Waals surface area (Å²) in [6.45, 7) is 8.84. The molecule has 90 valence electrons. The summed E-state index contributed by atoms with van der Waals surface area (Å²) in [5.41, 5.74) is 3.21. The molecule has 0 N–H and O–H groups in total. The van der Waals surface area contributed by atoms with Gasteiger partial charge in [-0.05, 0) is 24.0 Å². The van der Waals surface area contributed by atoms with Crippen LogP contribution in [0.2, 0.25) is 0 Å². The minimum Gasteiger partial charge on any atom is -0.370 e. The lowest BCUT2D eigenvalue weighted by atomic mass is 9.82. The van der Waals surface area contributed by atoms with E-state index in [9.17, 15) is 0 Å². The third kappa shape index (κ3) is 1.25. The maximum Gasteiger partial charge on any atom is 0.0446 e. The molecule has 1 heterocycles. The van der Waals surface area contributed by atoms with Gasteiger partial charge in [0.1, 0.15) is 0 Å². The van der Waals surface area contributed by atoms with Crippen molar-refractivity contribution in [3.63, 3.8) is 0 Å². The fourth-order valence-corrected chi connectivity index (χ4v) is 4.27. The van der Waals surface area contributed by atoms with Gasteiger partial charge < -0.3 is 4.90 Å². The summed E-state index contributed by atoms with van der Waals surface area (Å²) in [4.78, 5) is 2.48. The lowest BCUT2D eigenvalue weighted by Crippen LogP contribution is -2.39. The van der Waals surface area contributed by atoms with Crippen LogP contribution in [0.3, 0.4) is 0 Å². The van der Waals surface area contributed by atoms with Gasteiger partial charge in [-0.15, -0.1) is 6.58 Å². The molecule has 0 spiro atoms. The van der Waals surface area contributed by atoms with Crippen LogP contribution < -0.4 is 4.90 Å². The normalized spacial score (nSPS) is 39.0.